The van der Waals surface area contributed by atoms with E-state index in [4.69, 9.17) is 0 Å². The predicted molar refractivity (Wildman–Crippen MR) is 81.4 cm³/mol. The summed E-state index contributed by atoms with van der Waals surface area (Å²) in [4.78, 5) is 1.03. The molecule has 0 amide bonds. The van der Waals surface area contributed by atoms with Crippen molar-refractivity contribution in [3.05, 3.63) is 66.2 Å². The third-order valence-corrected chi connectivity index (χ3v) is 3.68. The van der Waals surface area contributed by atoms with Gasteiger partial charge >= 0.3 is 0 Å². The van der Waals surface area contributed by atoms with Crippen LogP contribution < -0.4 is 0 Å². The van der Waals surface area contributed by atoms with E-state index < -0.39 is 0 Å². The average molecular weight is 250 g/mol. The fourth-order valence-electron chi connectivity index (χ4n) is 2.45. The van der Waals surface area contributed by atoms with Gasteiger partial charge in [-0.05, 0) is 40.5 Å². The van der Waals surface area contributed by atoms with Crippen LogP contribution in [0.4, 0.5) is 0 Å². The molecule has 0 aliphatic carbocycles. The molecule has 0 fully saturated rings. The van der Waals surface area contributed by atoms with Gasteiger partial charge in [0.2, 0.25) is 0 Å². The van der Waals surface area contributed by atoms with E-state index in [9.17, 15) is 0 Å². The van der Waals surface area contributed by atoms with Crippen LogP contribution in [0.25, 0.3) is 21.9 Å². The summed E-state index contributed by atoms with van der Waals surface area (Å²) < 4.78 is 0. The molecule has 0 aliphatic heterocycles. The SMILES string of the molecule is Cc1cccc(S)c1-c1cccc2ccccc12. The van der Waals surface area contributed by atoms with Crippen molar-refractivity contribution in [1.82, 2.24) is 0 Å². The molecule has 0 saturated heterocycles. The van der Waals surface area contributed by atoms with Crippen LogP contribution >= 0.6 is 12.6 Å². The lowest BCUT2D eigenvalue weighted by Crippen LogP contribution is -1.87. The Morgan fingerprint density at radius 2 is 1.50 bits per heavy atom. The first-order valence-electron chi connectivity index (χ1n) is 6.04. The topological polar surface area (TPSA) is 0 Å². The Bertz CT molecular complexity index is 688. The van der Waals surface area contributed by atoms with Gasteiger partial charge < -0.3 is 0 Å². The first-order valence-corrected chi connectivity index (χ1v) is 6.49. The van der Waals surface area contributed by atoms with Gasteiger partial charge in [0.25, 0.3) is 0 Å². The highest BCUT2D eigenvalue weighted by atomic mass is 32.1. The van der Waals surface area contributed by atoms with Crippen molar-refractivity contribution in [1.29, 1.82) is 0 Å². The highest BCUT2D eigenvalue weighted by Crippen LogP contribution is 2.34. The van der Waals surface area contributed by atoms with Crippen LogP contribution in [0.15, 0.2) is 65.6 Å². The maximum absolute atomic E-state index is 4.60. The summed E-state index contributed by atoms with van der Waals surface area (Å²) in [5.41, 5.74) is 3.76. The summed E-state index contributed by atoms with van der Waals surface area (Å²) >= 11 is 4.60. The molecule has 0 saturated carbocycles. The molecule has 1 heteroatoms. The van der Waals surface area contributed by atoms with Crippen molar-refractivity contribution in [3.63, 3.8) is 0 Å². The molecule has 88 valence electrons. The van der Waals surface area contributed by atoms with Crippen molar-refractivity contribution in [2.45, 2.75) is 11.8 Å². The first kappa shape index (κ1) is 11.4. The lowest BCUT2D eigenvalue weighted by Gasteiger charge is -2.12. The van der Waals surface area contributed by atoms with Crippen LogP contribution in [0.3, 0.4) is 0 Å². The van der Waals surface area contributed by atoms with Crippen LogP contribution in [0.2, 0.25) is 0 Å². The lowest BCUT2D eigenvalue weighted by molar-refractivity contribution is 1.37. The fraction of sp³-hybridized carbons (Fsp3) is 0.0588. The minimum Gasteiger partial charge on any atom is -0.143 e. The Morgan fingerprint density at radius 3 is 2.33 bits per heavy atom. The maximum Gasteiger partial charge on any atom is 0.0121 e. The molecule has 0 unspecified atom stereocenters. The summed E-state index contributed by atoms with van der Waals surface area (Å²) in [5.74, 6) is 0. The molecule has 0 radical (unpaired) electrons. The number of hydrogen-bond acceptors (Lipinski definition) is 1. The van der Waals surface area contributed by atoms with E-state index in [1.165, 1.54) is 27.5 Å². The van der Waals surface area contributed by atoms with Crippen LogP contribution in [0.5, 0.6) is 0 Å². The molecular formula is C17H14S. The Labute approximate surface area is 113 Å². The minimum absolute atomic E-state index is 1.03. The smallest absolute Gasteiger partial charge is 0.0121 e. The van der Waals surface area contributed by atoms with E-state index >= 15 is 0 Å². The van der Waals surface area contributed by atoms with Crippen molar-refractivity contribution >= 4 is 23.4 Å². The van der Waals surface area contributed by atoms with Gasteiger partial charge in [0.1, 0.15) is 0 Å². The number of fused-ring (bicyclic) bond motifs is 1. The van der Waals surface area contributed by atoms with Gasteiger partial charge in [0.05, 0.1) is 0 Å². The Hall–Kier alpha value is -1.73. The predicted octanol–water partition coefficient (Wildman–Crippen LogP) is 5.10. The second-order valence-electron chi connectivity index (χ2n) is 4.50. The van der Waals surface area contributed by atoms with E-state index in [-0.39, 0.29) is 0 Å². The van der Waals surface area contributed by atoms with Gasteiger partial charge in [-0.25, -0.2) is 0 Å². The zero-order valence-electron chi connectivity index (χ0n) is 10.2. The third-order valence-electron chi connectivity index (χ3n) is 3.31. The second-order valence-corrected chi connectivity index (χ2v) is 4.98. The molecule has 3 rings (SSSR count). The molecule has 0 bridgehead atoms. The number of aryl methyl sites for hydroxylation is 1. The average Bonchev–Trinajstić information content (AvgIpc) is 2.39. The molecule has 3 aromatic carbocycles. The number of rotatable bonds is 1. The summed E-state index contributed by atoms with van der Waals surface area (Å²) in [6.07, 6.45) is 0. The van der Waals surface area contributed by atoms with Crippen molar-refractivity contribution in [2.24, 2.45) is 0 Å². The summed E-state index contributed by atoms with van der Waals surface area (Å²) in [6.45, 7) is 2.14. The molecule has 0 heterocycles. The van der Waals surface area contributed by atoms with Crippen molar-refractivity contribution in [2.75, 3.05) is 0 Å². The van der Waals surface area contributed by atoms with Crippen LogP contribution in [0, 0.1) is 6.92 Å². The third kappa shape index (κ3) is 1.81. The second kappa shape index (κ2) is 4.51. The fourth-order valence-corrected chi connectivity index (χ4v) is 2.83. The molecule has 3 aromatic rings. The van der Waals surface area contributed by atoms with E-state index in [1.807, 2.05) is 12.1 Å². The Kier molecular flexibility index (Phi) is 2.85. The highest BCUT2D eigenvalue weighted by Gasteiger charge is 2.08. The molecule has 18 heavy (non-hydrogen) atoms. The number of hydrogen-bond donors (Lipinski definition) is 1. The zero-order chi connectivity index (χ0) is 12.5. The quantitative estimate of drug-likeness (QED) is 0.570. The Balaban J connectivity index is 2.39. The van der Waals surface area contributed by atoms with Crippen molar-refractivity contribution < 1.29 is 0 Å². The monoisotopic (exact) mass is 250 g/mol. The molecule has 0 aromatic heterocycles. The summed E-state index contributed by atoms with van der Waals surface area (Å²) in [7, 11) is 0. The van der Waals surface area contributed by atoms with Crippen LogP contribution in [-0.2, 0) is 0 Å². The first-order chi connectivity index (χ1) is 8.77. The Morgan fingerprint density at radius 1 is 0.778 bits per heavy atom. The van der Waals surface area contributed by atoms with Gasteiger partial charge in [-0.3, -0.25) is 0 Å². The largest absolute Gasteiger partial charge is 0.143 e. The van der Waals surface area contributed by atoms with E-state index in [1.54, 1.807) is 0 Å². The van der Waals surface area contributed by atoms with Crippen LogP contribution in [0.1, 0.15) is 5.56 Å². The van der Waals surface area contributed by atoms with Gasteiger partial charge in [-0.15, -0.1) is 12.6 Å². The van der Waals surface area contributed by atoms with E-state index in [0.29, 0.717) is 0 Å². The molecule has 0 N–H and O–H groups in total. The standard InChI is InChI=1S/C17H14S/c1-12-6-4-11-16(18)17(12)15-10-5-8-13-7-2-3-9-14(13)15/h2-11,18H,1H3. The summed E-state index contributed by atoms with van der Waals surface area (Å²) in [6, 6.07) is 21.1. The highest BCUT2D eigenvalue weighted by molar-refractivity contribution is 7.80. The minimum atomic E-state index is 1.03. The molecule has 0 spiro atoms. The maximum atomic E-state index is 4.60. The normalized spacial score (nSPS) is 10.8. The summed E-state index contributed by atoms with van der Waals surface area (Å²) in [5, 5.41) is 2.55. The number of benzene rings is 3. The molecule has 0 nitrogen and oxygen atoms in total. The van der Waals surface area contributed by atoms with Gasteiger partial charge in [-0.2, -0.15) is 0 Å². The van der Waals surface area contributed by atoms with Gasteiger partial charge in [-0.1, -0.05) is 54.6 Å². The molecule has 0 atom stereocenters. The lowest BCUT2D eigenvalue weighted by atomic mass is 9.95. The van der Waals surface area contributed by atoms with Gasteiger partial charge in [0.15, 0.2) is 0 Å². The van der Waals surface area contributed by atoms with E-state index in [0.717, 1.165) is 4.90 Å². The number of thiol groups is 1. The van der Waals surface area contributed by atoms with Gasteiger partial charge in [0, 0.05) is 4.90 Å². The van der Waals surface area contributed by atoms with Crippen molar-refractivity contribution in [3.8, 4) is 11.1 Å². The zero-order valence-corrected chi connectivity index (χ0v) is 11.1. The molecule has 0 aliphatic rings. The van der Waals surface area contributed by atoms with E-state index in [2.05, 4.69) is 68.1 Å². The molecular weight excluding hydrogens is 236 g/mol. The van der Waals surface area contributed by atoms with Crippen LogP contribution in [-0.4, -0.2) is 0 Å².